The summed E-state index contributed by atoms with van der Waals surface area (Å²) in [5.41, 5.74) is 6.36. The molecule has 0 bridgehead atoms. The van der Waals surface area contributed by atoms with Gasteiger partial charge >= 0.3 is 0 Å². The highest BCUT2D eigenvalue weighted by atomic mass is 16.5. The lowest BCUT2D eigenvalue weighted by Crippen LogP contribution is -2.25. The van der Waals surface area contributed by atoms with Crippen LogP contribution < -0.4 is 10.1 Å². The van der Waals surface area contributed by atoms with Crippen LogP contribution in [0.5, 0.6) is 5.75 Å². The minimum atomic E-state index is 0.0119. The van der Waals surface area contributed by atoms with E-state index in [0.717, 1.165) is 66.0 Å². The minimum Gasteiger partial charge on any atom is -0.492 e. The van der Waals surface area contributed by atoms with Crippen LogP contribution in [-0.4, -0.2) is 28.6 Å². The first-order valence-electron chi connectivity index (χ1n) is 12.5. The number of carbonyl (C=O) groups excluding carboxylic acids is 1. The summed E-state index contributed by atoms with van der Waals surface area (Å²) in [6.07, 6.45) is 3.93. The molecule has 0 saturated carbocycles. The number of nitrogens with one attached hydrogen (secondary N) is 1. The van der Waals surface area contributed by atoms with Gasteiger partial charge in [0, 0.05) is 18.5 Å². The molecule has 3 aromatic carbocycles. The van der Waals surface area contributed by atoms with E-state index in [1.807, 2.05) is 50.2 Å². The molecule has 35 heavy (non-hydrogen) atoms. The van der Waals surface area contributed by atoms with Crippen molar-refractivity contribution in [1.82, 2.24) is 14.9 Å². The number of rotatable bonds is 11. The maximum Gasteiger partial charge on any atom is 0.251 e. The van der Waals surface area contributed by atoms with Crippen molar-refractivity contribution in [3.63, 3.8) is 0 Å². The second-order valence-corrected chi connectivity index (χ2v) is 9.21. The van der Waals surface area contributed by atoms with Crippen molar-refractivity contribution in [2.75, 3.05) is 13.2 Å². The predicted molar refractivity (Wildman–Crippen MR) is 142 cm³/mol. The zero-order chi connectivity index (χ0) is 24.6. The molecular formula is C30H35N3O2. The molecule has 1 aromatic heterocycles. The summed E-state index contributed by atoms with van der Waals surface area (Å²) in [5.74, 6) is 2.00. The zero-order valence-electron chi connectivity index (χ0n) is 21.0. The second-order valence-electron chi connectivity index (χ2n) is 9.21. The number of unbranched alkanes of at least 4 members (excludes halogenated alkanes) is 2. The van der Waals surface area contributed by atoms with Gasteiger partial charge in [-0.15, -0.1) is 0 Å². The van der Waals surface area contributed by atoms with Gasteiger partial charge in [-0.1, -0.05) is 53.9 Å². The van der Waals surface area contributed by atoms with Crippen LogP contribution in [0.4, 0.5) is 0 Å². The van der Waals surface area contributed by atoms with Crippen molar-refractivity contribution in [3.05, 3.63) is 94.8 Å². The number of para-hydroxylation sites is 2. The van der Waals surface area contributed by atoms with Crippen LogP contribution in [0.1, 0.15) is 52.1 Å². The molecule has 182 valence electrons. The van der Waals surface area contributed by atoms with E-state index in [0.29, 0.717) is 13.2 Å². The number of hydrogen-bond donors (Lipinski definition) is 1. The van der Waals surface area contributed by atoms with E-state index in [4.69, 9.17) is 9.72 Å². The molecule has 4 aromatic rings. The molecule has 1 heterocycles. The second kappa shape index (κ2) is 11.7. The van der Waals surface area contributed by atoms with Crippen LogP contribution in [0.15, 0.2) is 66.7 Å². The Morgan fingerprint density at radius 1 is 0.914 bits per heavy atom. The monoisotopic (exact) mass is 469 g/mol. The van der Waals surface area contributed by atoms with Gasteiger partial charge < -0.3 is 14.6 Å². The van der Waals surface area contributed by atoms with Crippen LogP contribution in [0.25, 0.3) is 11.0 Å². The summed E-state index contributed by atoms with van der Waals surface area (Å²) in [6.45, 7) is 8.15. The van der Waals surface area contributed by atoms with E-state index in [1.54, 1.807) is 0 Å². The smallest absolute Gasteiger partial charge is 0.251 e. The Kier molecular flexibility index (Phi) is 8.19. The van der Waals surface area contributed by atoms with Crippen molar-refractivity contribution < 1.29 is 9.53 Å². The van der Waals surface area contributed by atoms with E-state index in [9.17, 15) is 4.79 Å². The Morgan fingerprint density at radius 3 is 2.49 bits per heavy atom. The fourth-order valence-electron chi connectivity index (χ4n) is 4.41. The maximum atomic E-state index is 12.5. The summed E-state index contributed by atoms with van der Waals surface area (Å²) in [6, 6.07) is 22.4. The first-order valence-corrected chi connectivity index (χ1v) is 12.5. The number of ether oxygens (including phenoxy) is 1. The van der Waals surface area contributed by atoms with Gasteiger partial charge in [0.15, 0.2) is 0 Å². The van der Waals surface area contributed by atoms with Gasteiger partial charge in [-0.05, 0) is 69.5 Å². The molecule has 1 N–H and O–H groups in total. The van der Waals surface area contributed by atoms with Crippen molar-refractivity contribution in [3.8, 4) is 5.75 Å². The molecule has 0 aliphatic carbocycles. The summed E-state index contributed by atoms with van der Waals surface area (Å²) >= 11 is 0. The third-order valence-corrected chi connectivity index (χ3v) is 6.33. The minimum absolute atomic E-state index is 0.0119. The SMILES string of the molecule is Cc1ccc(OCCn2c(CCCCCNC(=O)c3ccc(C)cc3C)nc3ccccc32)cc1. The third kappa shape index (κ3) is 6.50. The van der Waals surface area contributed by atoms with Gasteiger partial charge in [0.1, 0.15) is 18.2 Å². The van der Waals surface area contributed by atoms with E-state index >= 15 is 0 Å². The largest absolute Gasteiger partial charge is 0.492 e. The molecule has 0 saturated heterocycles. The molecular weight excluding hydrogens is 434 g/mol. The number of carbonyl (C=O) groups is 1. The average molecular weight is 470 g/mol. The first kappa shape index (κ1) is 24.5. The van der Waals surface area contributed by atoms with Crippen LogP contribution in [0, 0.1) is 20.8 Å². The molecule has 0 unspecified atom stereocenters. The zero-order valence-corrected chi connectivity index (χ0v) is 21.0. The standard InChI is InChI=1S/C30H35N3O2/c1-22-12-15-25(16-13-22)35-20-19-33-28-10-7-6-9-27(28)32-29(33)11-5-4-8-18-31-30(34)26-17-14-23(2)21-24(26)3/h6-7,9-10,12-17,21H,4-5,8,11,18-20H2,1-3H3,(H,31,34). The van der Waals surface area contributed by atoms with Crippen molar-refractivity contribution >= 4 is 16.9 Å². The van der Waals surface area contributed by atoms with Gasteiger partial charge in [0.2, 0.25) is 0 Å². The van der Waals surface area contributed by atoms with Crippen LogP contribution in [0.3, 0.4) is 0 Å². The molecule has 0 aliphatic heterocycles. The Morgan fingerprint density at radius 2 is 1.69 bits per heavy atom. The van der Waals surface area contributed by atoms with E-state index in [-0.39, 0.29) is 5.91 Å². The number of aryl methyl sites for hydroxylation is 4. The molecule has 0 atom stereocenters. The molecule has 0 aliphatic rings. The fraction of sp³-hybridized carbons (Fsp3) is 0.333. The number of hydrogen-bond acceptors (Lipinski definition) is 3. The molecule has 5 nitrogen and oxygen atoms in total. The van der Waals surface area contributed by atoms with E-state index < -0.39 is 0 Å². The highest BCUT2D eigenvalue weighted by Gasteiger charge is 2.11. The Bertz CT molecular complexity index is 1270. The lowest BCUT2D eigenvalue weighted by atomic mass is 10.1. The van der Waals surface area contributed by atoms with Gasteiger partial charge in [-0.25, -0.2) is 4.98 Å². The number of fused-ring (bicyclic) bond motifs is 1. The Labute approximate surface area is 208 Å². The van der Waals surface area contributed by atoms with Gasteiger partial charge in [-0.3, -0.25) is 4.79 Å². The first-order chi connectivity index (χ1) is 17.0. The van der Waals surface area contributed by atoms with Gasteiger partial charge in [-0.2, -0.15) is 0 Å². The molecule has 1 amide bonds. The Balaban J connectivity index is 1.27. The lowest BCUT2D eigenvalue weighted by Gasteiger charge is -2.11. The fourth-order valence-corrected chi connectivity index (χ4v) is 4.41. The van der Waals surface area contributed by atoms with Crippen molar-refractivity contribution in [2.24, 2.45) is 0 Å². The topological polar surface area (TPSA) is 56.1 Å². The maximum absolute atomic E-state index is 12.5. The summed E-state index contributed by atoms with van der Waals surface area (Å²) in [4.78, 5) is 17.3. The number of nitrogens with zero attached hydrogens (tertiary/aromatic N) is 2. The number of aromatic nitrogens is 2. The number of amides is 1. The molecule has 4 rings (SSSR count). The number of benzene rings is 3. The molecule has 0 radical (unpaired) electrons. The molecule has 0 fully saturated rings. The molecule has 0 spiro atoms. The molecule has 5 heteroatoms. The summed E-state index contributed by atoms with van der Waals surface area (Å²) < 4.78 is 8.26. The quantitative estimate of drug-likeness (QED) is 0.267. The van der Waals surface area contributed by atoms with Crippen molar-refractivity contribution in [2.45, 2.75) is 53.0 Å². The Hall–Kier alpha value is -3.60. The highest BCUT2D eigenvalue weighted by molar-refractivity contribution is 5.95. The number of imidazole rings is 1. The average Bonchev–Trinajstić information content (AvgIpc) is 3.20. The lowest BCUT2D eigenvalue weighted by molar-refractivity contribution is 0.0952. The summed E-state index contributed by atoms with van der Waals surface area (Å²) in [5, 5.41) is 3.06. The summed E-state index contributed by atoms with van der Waals surface area (Å²) in [7, 11) is 0. The normalized spacial score (nSPS) is 11.1. The van der Waals surface area contributed by atoms with Gasteiger partial charge in [0.25, 0.3) is 5.91 Å². The third-order valence-electron chi connectivity index (χ3n) is 6.33. The van der Waals surface area contributed by atoms with Crippen molar-refractivity contribution in [1.29, 1.82) is 0 Å². The van der Waals surface area contributed by atoms with Gasteiger partial charge in [0.05, 0.1) is 17.6 Å². The predicted octanol–water partition coefficient (Wildman–Crippen LogP) is 6.18. The van der Waals surface area contributed by atoms with E-state index in [2.05, 4.69) is 47.1 Å². The van der Waals surface area contributed by atoms with Crippen LogP contribution >= 0.6 is 0 Å². The van der Waals surface area contributed by atoms with Crippen LogP contribution in [0.2, 0.25) is 0 Å². The highest BCUT2D eigenvalue weighted by Crippen LogP contribution is 2.19. The van der Waals surface area contributed by atoms with E-state index in [1.165, 1.54) is 11.1 Å². The van der Waals surface area contributed by atoms with Crippen LogP contribution in [-0.2, 0) is 13.0 Å².